The van der Waals surface area contributed by atoms with Crippen molar-refractivity contribution < 1.29 is 5.11 Å². The van der Waals surface area contributed by atoms with E-state index in [-0.39, 0.29) is 6.10 Å². The van der Waals surface area contributed by atoms with Crippen LogP contribution in [0.4, 0.5) is 0 Å². The van der Waals surface area contributed by atoms with Crippen LogP contribution in [0.3, 0.4) is 0 Å². The number of benzene rings is 1. The summed E-state index contributed by atoms with van der Waals surface area (Å²) in [6, 6.07) is 7.92. The summed E-state index contributed by atoms with van der Waals surface area (Å²) in [6.45, 7) is 0. The van der Waals surface area contributed by atoms with Gasteiger partial charge in [-0.2, -0.15) is 0 Å². The van der Waals surface area contributed by atoms with E-state index in [1.54, 1.807) is 0 Å². The van der Waals surface area contributed by atoms with Gasteiger partial charge in [0.15, 0.2) is 0 Å². The summed E-state index contributed by atoms with van der Waals surface area (Å²) in [5.41, 5.74) is 1.03. The largest absolute Gasteiger partial charge is 0.388 e. The highest BCUT2D eigenvalue weighted by molar-refractivity contribution is 9.10. The van der Waals surface area contributed by atoms with E-state index in [0.717, 1.165) is 10.0 Å². The lowest BCUT2D eigenvalue weighted by molar-refractivity contribution is 0.0615. The summed E-state index contributed by atoms with van der Waals surface area (Å²) in [7, 11) is 0. The molecule has 70 valence electrons. The second-order valence-electron chi connectivity index (χ2n) is 3.66. The summed E-state index contributed by atoms with van der Waals surface area (Å²) < 4.78 is 1.02. The second kappa shape index (κ2) is 3.81. The first kappa shape index (κ1) is 9.22. The van der Waals surface area contributed by atoms with Gasteiger partial charge in [-0.05, 0) is 30.4 Å². The molecule has 0 bridgehead atoms. The standard InChI is InChI=1S/C11H13BrO/c12-10-7-2-1-6-9(10)11(13)8-4-3-5-8/h1-2,6-8,11,13H,3-5H2. The fraction of sp³-hybridized carbons (Fsp3) is 0.455. The van der Waals surface area contributed by atoms with Crippen molar-refractivity contribution in [2.45, 2.75) is 25.4 Å². The molecule has 1 aromatic rings. The Labute approximate surface area is 86.9 Å². The average molecular weight is 241 g/mol. The lowest BCUT2D eigenvalue weighted by Gasteiger charge is -2.30. The smallest absolute Gasteiger partial charge is 0.0829 e. The van der Waals surface area contributed by atoms with Gasteiger partial charge in [0.05, 0.1) is 6.10 Å². The van der Waals surface area contributed by atoms with E-state index in [1.165, 1.54) is 19.3 Å². The molecular weight excluding hydrogens is 228 g/mol. The van der Waals surface area contributed by atoms with Crippen LogP contribution in [0.5, 0.6) is 0 Å². The Morgan fingerprint density at radius 3 is 2.54 bits per heavy atom. The molecular formula is C11H13BrO. The quantitative estimate of drug-likeness (QED) is 0.842. The van der Waals surface area contributed by atoms with Gasteiger partial charge in [-0.1, -0.05) is 40.5 Å². The van der Waals surface area contributed by atoms with E-state index < -0.39 is 0 Å². The third-order valence-electron chi connectivity index (χ3n) is 2.82. The van der Waals surface area contributed by atoms with E-state index >= 15 is 0 Å². The van der Waals surface area contributed by atoms with Crippen LogP contribution in [0.15, 0.2) is 28.7 Å². The van der Waals surface area contributed by atoms with E-state index in [0.29, 0.717) is 5.92 Å². The molecule has 0 heterocycles. The maximum absolute atomic E-state index is 9.99. The number of hydrogen-bond donors (Lipinski definition) is 1. The molecule has 1 N–H and O–H groups in total. The highest BCUT2D eigenvalue weighted by atomic mass is 79.9. The zero-order chi connectivity index (χ0) is 9.26. The van der Waals surface area contributed by atoms with Gasteiger partial charge in [-0.3, -0.25) is 0 Å². The summed E-state index contributed by atoms with van der Waals surface area (Å²) in [4.78, 5) is 0. The number of hydrogen-bond acceptors (Lipinski definition) is 1. The molecule has 1 saturated carbocycles. The van der Waals surface area contributed by atoms with Crippen molar-refractivity contribution in [2.75, 3.05) is 0 Å². The fourth-order valence-corrected chi connectivity index (χ4v) is 2.24. The molecule has 1 unspecified atom stereocenters. The minimum Gasteiger partial charge on any atom is -0.388 e. The molecule has 2 rings (SSSR count). The molecule has 1 aromatic carbocycles. The molecule has 0 spiro atoms. The molecule has 1 aliphatic carbocycles. The fourth-order valence-electron chi connectivity index (χ4n) is 1.72. The first-order valence-corrected chi connectivity index (χ1v) is 5.51. The Morgan fingerprint density at radius 1 is 1.31 bits per heavy atom. The van der Waals surface area contributed by atoms with Gasteiger partial charge in [0.25, 0.3) is 0 Å². The van der Waals surface area contributed by atoms with Crippen LogP contribution in [-0.4, -0.2) is 5.11 Å². The zero-order valence-corrected chi connectivity index (χ0v) is 9.00. The lowest BCUT2D eigenvalue weighted by Crippen LogP contribution is -2.20. The lowest BCUT2D eigenvalue weighted by atomic mass is 9.79. The minimum absolute atomic E-state index is 0.274. The third-order valence-corrected chi connectivity index (χ3v) is 3.54. The van der Waals surface area contributed by atoms with E-state index in [4.69, 9.17) is 0 Å². The van der Waals surface area contributed by atoms with Crippen molar-refractivity contribution in [3.05, 3.63) is 34.3 Å². The maximum Gasteiger partial charge on any atom is 0.0829 e. The first-order valence-electron chi connectivity index (χ1n) is 4.71. The topological polar surface area (TPSA) is 20.2 Å². The maximum atomic E-state index is 9.99. The molecule has 0 aromatic heterocycles. The van der Waals surface area contributed by atoms with Gasteiger partial charge in [0.2, 0.25) is 0 Å². The van der Waals surface area contributed by atoms with E-state index in [9.17, 15) is 5.11 Å². The SMILES string of the molecule is OC(c1ccccc1Br)C1CCC1. The Hall–Kier alpha value is -0.340. The Bertz CT molecular complexity index is 294. The van der Waals surface area contributed by atoms with Crippen molar-refractivity contribution in [3.63, 3.8) is 0 Å². The summed E-state index contributed by atoms with van der Waals surface area (Å²) in [5, 5.41) is 9.99. The van der Waals surface area contributed by atoms with Crippen molar-refractivity contribution in [2.24, 2.45) is 5.92 Å². The van der Waals surface area contributed by atoms with E-state index in [1.807, 2.05) is 24.3 Å². The summed E-state index contributed by atoms with van der Waals surface area (Å²) >= 11 is 3.46. The number of aliphatic hydroxyl groups excluding tert-OH is 1. The average Bonchev–Trinajstić information content (AvgIpc) is 2.01. The molecule has 1 atom stereocenters. The summed E-state index contributed by atoms with van der Waals surface area (Å²) in [6.07, 6.45) is 3.33. The highest BCUT2D eigenvalue weighted by Gasteiger charge is 2.27. The van der Waals surface area contributed by atoms with Gasteiger partial charge < -0.3 is 5.11 Å². The van der Waals surface area contributed by atoms with Crippen molar-refractivity contribution >= 4 is 15.9 Å². The molecule has 0 saturated heterocycles. The Kier molecular flexibility index (Phi) is 2.70. The second-order valence-corrected chi connectivity index (χ2v) is 4.51. The zero-order valence-electron chi connectivity index (χ0n) is 7.41. The summed E-state index contributed by atoms with van der Waals surface area (Å²) in [5.74, 6) is 0.485. The van der Waals surface area contributed by atoms with Crippen LogP contribution in [0.25, 0.3) is 0 Å². The molecule has 2 heteroatoms. The van der Waals surface area contributed by atoms with E-state index in [2.05, 4.69) is 15.9 Å². The van der Waals surface area contributed by atoms with Gasteiger partial charge in [-0.25, -0.2) is 0 Å². The van der Waals surface area contributed by atoms with Crippen LogP contribution in [0.1, 0.15) is 30.9 Å². The number of aliphatic hydroxyl groups is 1. The van der Waals surface area contributed by atoms with Crippen LogP contribution in [0.2, 0.25) is 0 Å². The Balaban J connectivity index is 2.18. The monoisotopic (exact) mass is 240 g/mol. The molecule has 1 aliphatic rings. The van der Waals surface area contributed by atoms with Crippen LogP contribution < -0.4 is 0 Å². The first-order chi connectivity index (χ1) is 6.29. The Morgan fingerprint density at radius 2 is 2.00 bits per heavy atom. The van der Waals surface area contributed by atoms with Crippen molar-refractivity contribution in [1.82, 2.24) is 0 Å². The minimum atomic E-state index is -0.274. The van der Waals surface area contributed by atoms with Gasteiger partial charge in [0.1, 0.15) is 0 Å². The molecule has 0 amide bonds. The van der Waals surface area contributed by atoms with Gasteiger partial charge in [-0.15, -0.1) is 0 Å². The van der Waals surface area contributed by atoms with Crippen LogP contribution in [-0.2, 0) is 0 Å². The molecule has 0 aliphatic heterocycles. The molecule has 1 fully saturated rings. The molecule has 1 nitrogen and oxygen atoms in total. The number of rotatable bonds is 2. The van der Waals surface area contributed by atoms with Crippen LogP contribution in [0, 0.1) is 5.92 Å². The predicted molar refractivity (Wildman–Crippen MR) is 56.4 cm³/mol. The van der Waals surface area contributed by atoms with Crippen molar-refractivity contribution in [3.8, 4) is 0 Å². The molecule has 0 radical (unpaired) electrons. The van der Waals surface area contributed by atoms with Crippen molar-refractivity contribution in [1.29, 1.82) is 0 Å². The number of halogens is 1. The molecule has 13 heavy (non-hydrogen) atoms. The van der Waals surface area contributed by atoms with Gasteiger partial charge >= 0.3 is 0 Å². The van der Waals surface area contributed by atoms with Gasteiger partial charge in [0, 0.05) is 4.47 Å². The van der Waals surface area contributed by atoms with Crippen LogP contribution >= 0.6 is 15.9 Å². The predicted octanol–water partition coefficient (Wildman–Crippen LogP) is 3.28. The highest BCUT2D eigenvalue weighted by Crippen LogP contribution is 2.39. The normalized spacial score (nSPS) is 19.5. The third kappa shape index (κ3) is 1.79.